The first-order valence-electron chi connectivity index (χ1n) is 4.95. The maximum absolute atomic E-state index is 11.4. The van der Waals surface area contributed by atoms with Crippen LogP contribution in [-0.2, 0) is 4.74 Å². The third-order valence-electron chi connectivity index (χ3n) is 2.74. The Balaban J connectivity index is 2.24. The van der Waals surface area contributed by atoms with E-state index in [1.165, 1.54) is 20.0 Å². The van der Waals surface area contributed by atoms with E-state index in [1.807, 2.05) is 0 Å². The summed E-state index contributed by atoms with van der Waals surface area (Å²) in [6.07, 6.45) is 6.35. The Morgan fingerprint density at radius 3 is 2.93 bits per heavy atom. The Bertz CT molecular complexity index is 327. The zero-order valence-corrected chi connectivity index (χ0v) is 8.27. The molecule has 1 aromatic rings. The van der Waals surface area contributed by atoms with Crippen molar-refractivity contribution in [3.05, 3.63) is 18.0 Å². The molecule has 76 valence electrons. The van der Waals surface area contributed by atoms with Crippen LogP contribution in [0.25, 0.3) is 0 Å². The number of methoxy groups -OCH3 is 1. The molecule has 1 aliphatic rings. The SMILES string of the molecule is COC(=O)c1ccnn1C1CCCC1. The Morgan fingerprint density at radius 1 is 1.57 bits per heavy atom. The molecule has 0 N–H and O–H groups in total. The summed E-state index contributed by atoms with van der Waals surface area (Å²) in [5.41, 5.74) is 0.569. The fraction of sp³-hybridized carbons (Fsp3) is 0.600. The number of carbonyl (C=O) groups is 1. The van der Waals surface area contributed by atoms with Crippen LogP contribution in [0.4, 0.5) is 0 Å². The lowest BCUT2D eigenvalue weighted by molar-refractivity contribution is 0.0583. The number of rotatable bonds is 2. The van der Waals surface area contributed by atoms with Crippen molar-refractivity contribution in [1.82, 2.24) is 9.78 Å². The highest BCUT2D eigenvalue weighted by Crippen LogP contribution is 2.29. The summed E-state index contributed by atoms with van der Waals surface area (Å²) in [6, 6.07) is 2.10. The topological polar surface area (TPSA) is 44.1 Å². The van der Waals surface area contributed by atoms with E-state index in [9.17, 15) is 4.79 Å². The number of esters is 1. The summed E-state index contributed by atoms with van der Waals surface area (Å²) < 4.78 is 6.50. The number of ether oxygens (including phenoxy) is 1. The van der Waals surface area contributed by atoms with Gasteiger partial charge in [-0.15, -0.1) is 0 Å². The molecule has 4 nitrogen and oxygen atoms in total. The van der Waals surface area contributed by atoms with Gasteiger partial charge in [-0.25, -0.2) is 4.79 Å². The van der Waals surface area contributed by atoms with Gasteiger partial charge in [0.2, 0.25) is 0 Å². The Morgan fingerprint density at radius 2 is 2.29 bits per heavy atom. The van der Waals surface area contributed by atoms with Crippen LogP contribution in [0.2, 0.25) is 0 Å². The molecule has 1 aromatic heterocycles. The van der Waals surface area contributed by atoms with Crippen LogP contribution in [0.15, 0.2) is 12.3 Å². The van der Waals surface area contributed by atoms with Crippen molar-refractivity contribution < 1.29 is 9.53 Å². The lowest BCUT2D eigenvalue weighted by Gasteiger charge is -2.12. The minimum absolute atomic E-state index is 0.297. The molecule has 1 fully saturated rings. The van der Waals surface area contributed by atoms with E-state index in [-0.39, 0.29) is 5.97 Å². The summed E-state index contributed by atoms with van der Waals surface area (Å²) >= 11 is 0. The summed E-state index contributed by atoms with van der Waals surface area (Å²) in [5.74, 6) is -0.297. The largest absolute Gasteiger partial charge is 0.464 e. The normalized spacial score (nSPS) is 17.2. The van der Waals surface area contributed by atoms with Crippen molar-refractivity contribution in [2.24, 2.45) is 0 Å². The van der Waals surface area contributed by atoms with Gasteiger partial charge >= 0.3 is 5.97 Å². The molecule has 0 aromatic carbocycles. The molecule has 1 saturated carbocycles. The predicted molar refractivity (Wildman–Crippen MR) is 51.1 cm³/mol. The van der Waals surface area contributed by atoms with Gasteiger partial charge in [-0.1, -0.05) is 12.8 Å². The van der Waals surface area contributed by atoms with Crippen molar-refractivity contribution >= 4 is 5.97 Å². The van der Waals surface area contributed by atoms with Crippen LogP contribution in [0, 0.1) is 0 Å². The number of nitrogens with zero attached hydrogens (tertiary/aromatic N) is 2. The van der Waals surface area contributed by atoms with Gasteiger partial charge in [0.15, 0.2) is 0 Å². The molecule has 1 aliphatic carbocycles. The van der Waals surface area contributed by atoms with E-state index in [0.29, 0.717) is 11.7 Å². The summed E-state index contributed by atoms with van der Waals surface area (Å²) in [7, 11) is 1.40. The second-order valence-corrected chi connectivity index (χ2v) is 3.59. The second kappa shape index (κ2) is 3.82. The van der Waals surface area contributed by atoms with Crippen molar-refractivity contribution in [3.8, 4) is 0 Å². The van der Waals surface area contributed by atoms with Crippen LogP contribution in [0.3, 0.4) is 0 Å². The van der Waals surface area contributed by atoms with Gasteiger partial charge < -0.3 is 4.74 Å². The van der Waals surface area contributed by atoms with Crippen LogP contribution < -0.4 is 0 Å². The lowest BCUT2D eigenvalue weighted by atomic mass is 10.2. The molecule has 0 atom stereocenters. The highest BCUT2D eigenvalue weighted by Gasteiger charge is 2.22. The van der Waals surface area contributed by atoms with Crippen LogP contribution >= 0.6 is 0 Å². The molecule has 2 rings (SSSR count). The second-order valence-electron chi connectivity index (χ2n) is 3.59. The highest BCUT2D eigenvalue weighted by atomic mass is 16.5. The van der Waals surface area contributed by atoms with E-state index in [1.54, 1.807) is 16.9 Å². The number of hydrogen-bond donors (Lipinski definition) is 0. The third kappa shape index (κ3) is 1.52. The van der Waals surface area contributed by atoms with Crippen molar-refractivity contribution in [1.29, 1.82) is 0 Å². The zero-order chi connectivity index (χ0) is 9.97. The minimum atomic E-state index is -0.297. The first kappa shape index (κ1) is 9.24. The standard InChI is InChI=1S/C10H14N2O2/c1-14-10(13)9-6-7-11-12(9)8-4-2-3-5-8/h6-8H,2-5H2,1H3. The molecule has 0 amide bonds. The van der Waals surface area contributed by atoms with Crippen molar-refractivity contribution in [3.63, 3.8) is 0 Å². The van der Waals surface area contributed by atoms with Gasteiger partial charge in [0.1, 0.15) is 5.69 Å². The first-order valence-corrected chi connectivity index (χ1v) is 4.95. The van der Waals surface area contributed by atoms with Crippen molar-refractivity contribution in [2.45, 2.75) is 31.7 Å². The highest BCUT2D eigenvalue weighted by molar-refractivity contribution is 5.87. The predicted octanol–water partition coefficient (Wildman–Crippen LogP) is 1.78. The summed E-state index contributed by atoms with van der Waals surface area (Å²) in [5, 5.41) is 4.18. The zero-order valence-electron chi connectivity index (χ0n) is 8.27. The molecule has 0 radical (unpaired) electrons. The van der Waals surface area contributed by atoms with Gasteiger partial charge in [0, 0.05) is 6.20 Å². The lowest BCUT2D eigenvalue weighted by Crippen LogP contribution is -2.15. The molecular formula is C10H14N2O2. The van der Waals surface area contributed by atoms with Crippen LogP contribution in [0.1, 0.15) is 42.2 Å². The van der Waals surface area contributed by atoms with Crippen molar-refractivity contribution in [2.75, 3.05) is 7.11 Å². The summed E-state index contributed by atoms with van der Waals surface area (Å²) in [4.78, 5) is 11.4. The summed E-state index contributed by atoms with van der Waals surface area (Å²) in [6.45, 7) is 0. The van der Waals surface area contributed by atoms with Crippen LogP contribution in [-0.4, -0.2) is 22.9 Å². The van der Waals surface area contributed by atoms with Crippen LogP contribution in [0.5, 0.6) is 0 Å². The quantitative estimate of drug-likeness (QED) is 0.674. The maximum atomic E-state index is 11.4. The van der Waals surface area contributed by atoms with E-state index in [2.05, 4.69) is 5.10 Å². The molecular weight excluding hydrogens is 180 g/mol. The molecule has 0 aliphatic heterocycles. The minimum Gasteiger partial charge on any atom is -0.464 e. The average molecular weight is 194 g/mol. The number of hydrogen-bond acceptors (Lipinski definition) is 3. The third-order valence-corrected chi connectivity index (χ3v) is 2.74. The monoisotopic (exact) mass is 194 g/mol. The molecule has 0 bridgehead atoms. The molecule has 0 saturated heterocycles. The fourth-order valence-electron chi connectivity index (χ4n) is 2.02. The fourth-order valence-corrected chi connectivity index (χ4v) is 2.02. The van der Waals surface area contributed by atoms with Gasteiger partial charge in [0.25, 0.3) is 0 Å². The van der Waals surface area contributed by atoms with E-state index >= 15 is 0 Å². The molecule has 14 heavy (non-hydrogen) atoms. The molecule has 4 heteroatoms. The van der Waals surface area contributed by atoms with E-state index in [4.69, 9.17) is 4.74 Å². The van der Waals surface area contributed by atoms with Gasteiger partial charge in [-0.2, -0.15) is 5.10 Å². The smallest absolute Gasteiger partial charge is 0.356 e. The van der Waals surface area contributed by atoms with Gasteiger partial charge in [0.05, 0.1) is 13.2 Å². The van der Waals surface area contributed by atoms with E-state index < -0.39 is 0 Å². The van der Waals surface area contributed by atoms with Gasteiger partial charge in [-0.3, -0.25) is 4.68 Å². The first-order chi connectivity index (χ1) is 6.83. The molecule has 0 spiro atoms. The van der Waals surface area contributed by atoms with Gasteiger partial charge in [-0.05, 0) is 18.9 Å². The number of aromatic nitrogens is 2. The molecule has 0 unspecified atom stereocenters. The van der Waals surface area contributed by atoms with E-state index in [0.717, 1.165) is 12.8 Å². The maximum Gasteiger partial charge on any atom is 0.356 e. The molecule has 1 heterocycles. The Hall–Kier alpha value is -1.32. The average Bonchev–Trinajstić information content (AvgIpc) is 2.85. The number of carbonyl (C=O) groups excluding carboxylic acids is 1. The Kier molecular flexibility index (Phi) is 2.52. The Labute approximate surface area is 82.9 Å².